The first-order valence-corrected chi connectivity index (χ1v) is 9.87. The molecular formula is C21H30FN3O3S. The molecule has 0 aliphatic carbocycles. The van der Waals surface area contributed by atoms with E-state index in [1.165, 1.54) is 4.90 Å². The van der Waals surface area contributed by atoms with Crippen molar-refractivity contribution in [3.05, 3.63) is 35.4 Å². The molecule has 1 aliphatic heterocycles. The molecule has 6 nitrogen and oxygen atoms in total. The molecule has 1 aromatic rings. The average molecular weight is 424 g/mol. The first-order chi connectivity index (χ1) is 13.4. The Morgan fingerprint density at radius 2 is 1.93 bits per heavy atom. The number of nitrogens with zero attached hydrogens (tertiary/aromatic N) is 3. The number of aliphatic imine (C=N–C) groups is 1. The molecule has 2 atom stereocenters. The summed E-state index contributed by atoms with van der Waals surface area (Å²) in [4.78, 5) is 20.5. The Bertz CT molecular complexity index is 772. The second-order valence-corrected chi connectivity index (χ2v) is 9.08. The van der Waals surface area contributed by atoms with Crippen LogP contribution in [0.4, 0.5) is 9.18 Å². The topological polar surface area (TPSA) is 54.4 Å². The lowest BCUT2D eigenvalue weighted by atomic mass is 10.0. The molecule has 1 amide bonds. The van der Waals surface area contributed by atoms with Crippen LogP contribution < -0.4 is 0 Å². The average Bonchev–Trinajstić information content (AvgIpc) is 2.88. The van der Waals surface area contributed by atoms with E-state index in [9.17, 15) is 9.18 Å². The van der Waals surface area contributed by atoms with E-state index in [2.05, 4.69) is 4.99 Å². The number of halogens is 1. The van der Waals surface area contributed by atoms with Crippen LogP contribution in [0.5, 0.6) is 0 Å². The highest BCUT2D eigenvalue weighted by atomic mass is 32.1. The quantitative estimate of drug-likeness (QED) is 0.410. The lowest BCUT2D eigenvalue weighted by molar-refractivity contribution is -0.0797. The van der Waals surface area contributed by atoms with Crippen LogP contribution >= 0.6 is 12.2 Å². The van der Waals surface area contributed by atoms with Gasteiger partial charge in [0.15, 0.2) is 0 Å². The predicted octanol–water partition coefficient (Wildman–Crippen LogP) is 4.33. The fourth-order valence-corrected chi connectivity index (χ4v) is 3.33. The van der Waals surface area contributed by atoms with E-state index in [4.69, 9.17) is 21.7 Å². The van der Waals surface area contributed by atoms with Crippen molar-refractivity contribution in [2.75, 3.05) is 20.8 Å². The molecule has 0 saturated carbocycles. The van der Waals surface area contributed by atoms with Gasteiger partial charge >= 0.3 is 6.09 Å². The minimum atomic E-state index is -1.01. The van der Waals surface area contributed by atoms with Crippen molar-refractivity contribution in [3.8, 4) is 0 Å². The fourth-order valence-electron chi connectivity index (χ4n) is 3.15. The molecule has 2 rings (SSSR count). The van der Waals surface area contributed by atoms with Gasteiger partial charge in [-0.15, -0.1) is 0 Å². The van der Waals surface area contributed by atoms with Crippen molar-refractivity contribution in [2.24, 2.45) is 4.99 Å². The largest absolute Gasteiger partial charge is 0.444 e. The van der Waals surface area contributed by atoms with Crippen LogP contribution in [0, 0.1) is 0 Å². The Kier molecular flexibility index (Phi) is 7.01. The van der Waals surface area contributed by atoms with Gasteiger partial charge in [-0.1, -0.05) is 36.5 Å². The number of alkyl halides is 1. The van der Waals surface area contributed by atoms with Gasteiger partial charge in [0.25, 0.3) is 0 Å². The molecule has 160 valence electrons. The molecule has 0 unspecified atom stereocenters. The Morgan fingerprint density at radius 1 is 1.34 bits per heavy atom. The number of amides is 1. The van der Waals surface area contributed by atoms with E-state index >= 15 is 0 Å². The molecule has 0 spiro atoms. The number of benzene rings is 1. The maximum Gasteiger partial charge on any atom is 0.413 e. The normalized spacial score (nSPS) is 21.4. The Balaban J connectivity index is 2.26. The lowest BCUT2D eigenvalue weighted by Crippen LogP contribution is -2.50. The Morgan fingerprint density at radius 3 is 2.41 bits per heavy atom. The summed E-state index contributed by atoms with van der Waals surface area (Å²) in [5.41, 5.74) is -0.153. The Hall–Kier alpha value is -2.06. The van der Waals surface area contributed by atoms with Gasteiger partial charge < -0.3 is 14.4 Å². The molecule has 1 fully saturated rings. The summed E-state index contributed by atoms with van der Waals surface area (Å²) in [6.07, 6.45) is 0.426. The van der Waals surface area contributed by atoms with Crippen LogP contribution in [0.1, 0.15) is 51.8 Å². The van der Waals surface area contributed by atoms with Crippen molar-refractivity contribution in [1.29, 1.82) is 0 Å². The van der Waals surface area contributed by atoms with Gasteiger partial charge in [0.05, 0.1) is 12.4 Å². The van der Waals surface area contributed by atoms with Gasteiger partial charge in [0.2, 0.25) is 0 Å². The monoisotopic (exact) mass is 423 g/mol. The SMILES string of the molecule is CN(C)C=NC(=S)c1ccc([C@H]2OC(C)(C)N(C(=O)OC(C)(C)C)[C@@H]2CF)cc1. The molecule has 1 aromatic carbocycles. The summed E-state index contributed by atoms with van der Waals surface area (Å²) in [5, 5.41) is 0. The zero-order valence-electron chi connectivity index (χ0n) is 18.1. The van der Waals surface area contributed by atoms with Gasteiger partial charge in [-0.2, -0.15) is 0 Å². The van der Waals surface area contributed by atoms with Crippen LogP contribution in [-0.2, 0) is 9.47 Å². The van der Waals surface area contributed by atoms with E-state index in [1.54, 1.807) is 45.9 Å². The first kappa shape index (κ1) is 23.2. The van der Waals surface area contributed by atoms with Gasteiger partial charge in [-0.25, -0.2) is 14.2 Å². The minimum Gasteiger partial charge on any atom is -0.444 e. The third kappa shape index (κ3) is 5.73. The van der Waals surface area contributed by atoms with Crippen LogP contribution in [0.2, 0.25) is 0 Å². The molecule has 0 N–H and O–H groups in total. The van der Waals surface area contributed by atoms with E-state index in [0.717, 1.165) is 11.1 Å². The number of hydrogen-bond acceptors (Lipinski definition) is 4. The maximum absolute atomic E-state index is 14.0. The number of hydrogen-bond donors (Lipinski definition) is 0. The molecule has 1 saturated heterocycles. The van der Waals surface area contributed by atoms with E-state index in [1.807, 2.05) is 38.4 Å². The zero-order valence-corrected chi connectivity index (χ0v) is 18.9. The van der Waals surface area contributed by atoms with Gasteiger partial charge in [0, 0.05) is 19.7 Å². The van der Waals surface area contributed by atoms with Crippen LogP contribution in [-0.4, -0.2) is 65.4 Å². The molecule has 1 heterocycles. The van der Waals surface area contributed by atoms with Crippen molar-refractivity contribution in [1.82, 2.24) is 9.80 Å². The first-order valence-electron chi connectivity index (χ1n) is 9.47. The Labute approximate surface area is 177 Å². The smallest absolute Gasteiger partial charge is 0.413 e. The van der Waals surface area contributed by atoms with Crippen molar-refractivity contribution in [2.45, 2.75) is 58.1 Å². The highest BCUT2D eigenvalue weighted by molar-refractivity contribution is 7.80. The van der Waals surface area contributed by atoms with E-state index < -0.39 is 36.2 Å². The van der Waals surface area contributed by atoms with Gasteiger partial charge in [-0.05, 0) is 40.2 Å². The predicted molar refractivity (Wildman–Crippen MR) is 116 cm³/mol. The third-order valence-corrected chi connectivity index (χ3v) is 4.66. The summed E-state index contributed by atoms with van der Waals surface area (Å²) < 4.78 is 25.6. The molecule has 0 radical (unpaired) electrons. The van der Waals surface area contributed by atoms with Crippen LogP contribution in [0.15, 0.2) is 29.3 Å². The summed E-state index contributed by atoms with van der Waals surface area (Å²) in [6, 6.07) is 6.52. The number of rotatable bonds is 4. The summed E-state index contributed by atoms with van der Waals surface area (Å²) in [5.74, 6) is 0. The second kappa shape index (κ2) is 8.75. The van der Waals surface area contributed by atoms with Crippen LogP contribution in [0.25, 0.3) is 0 Å². The highest BCUT2D eigenvalue weighted by Gasteiger charge is 2.51. The highest BCUT2D eigenvalue weighted by Crippen LogP contribution is 2.42. The van der Waals surface area contributed by atoms with Gasteiger partial charge in [-0.3, -0.25) is 4.90 Å². The summed E-state index contributed by atoms with van der Waals surface area (Å²) in [7, 11) is 3.73. The van der Waals surface area contributed by atoms with E-state index in [0.29, 0.717) is 4.99 Å². The maximum atomic E-state index is 14.0. The summed E-state index contributed by atoms with van der Waals surface area (Å²) in [6.45, 7) is 8.05. The third-order valence-electron chi connectivity index (χ3n) is 4.32. The summed E-state index contributed by atoms with van der Waals surface area (Å²) >= 11 is 5.32. The van der Waals surface area contributed by atoms with E-state index in [-0.39, 0.29) is 0 Å². The van der Waals surface area contributed by atoms with Crippen LogP contribution in [0.3, 0.4) is 0 Å². The minimum absolute atomic E-state index is 0.454. The second-order valence-electron chi connectivity index (χ2n) is 8.69. The van der Waals surface area contributed by atoms with Crippen molar-refractivity contribution < 1.29 is 18.7 Å². The number of carbonyl (C=O) groups excluding carboxylic acids is 1. The number of ether oxygens (including phenoxy) is 2. The fraction of sp³-hybridized carbons (Fsp3) is 0.571. The zero-order chi connectivity index (χ0) is 22.0. The standard InChI is InChI=1S/C21H30FN3O3S/c1-20(2,3)28-19(26)25-16(12-22)17(27-21(25,4)5)14-8-10-15(11-9-14)18(29)23-13-24(6)7/h8-11,13,16-17H,12H2,1-7H3/t16-,17-/m1/s1. The molecule has 0 bridgehead atoms. The van der Waals surface area contributed by atoms with Crippen molar-refractivity contribution >= 4 is 29.6 Å². The molecule has 0 aromatic heterocycles. The molecule has 1 aliphatic rings. The molecule has 29 heavy (non-hydrogen) atoms. The lowest BCUT2D eigenvalue weighted by Gasteiger charge is -2.34. The number of thiocarbonyl (C=S) groups is 1. The van der Waals surface area contributed by atoms with Gasteiger partial charge in [0.1, 0.15) is 29.1 Å². The molecule has 8 heteroatoms. The molecular weight excluding hydrogens is 393 g/mol. The van der Waals surface area contributed by atoms with Crippen molar-refractivity contribution in [3.63, 3.8) is 0 Å². The number of carbonyl (C=O) groups is 1.